The van der Waals surface area contributed by atoms with Gasteiger partial charge in [-0.3, -0.25) is 14.7 Å². The molecule has 1 heterocycles. The van der Waals surface area contributed by atoms with Crippen molar-refractivity contribution >= 4 is 11.9 Å². The number of carbonyl (C=O) groups excluding carboxylic acids is 1. The molecule has 1 amide bonds. The van der Waals surface area contributed by atoms with Crippen LogP contribution in [-0.2, 0) is 19.6 Å². The average Bonchev–Trinajstić information content (AvgIpc) is 2.80. The number of nitrogens with zero attached hydrogens (tertiary/aromatic N) is 3. The zero-order valence-corrected chi connectivity index (χ0v) is 19.9. The summed E-state index contributed by atoms with van der Waals surface area (Å²) in [5, 5.41) is 6.81. The summed E-state index contributed by atoms with van der Waals surface area (Å²) in [5.41, 5.74) is 4.48. The van der Waals surface area contributed by atoms with Crippen LogP contribution >= 0.6 is 0 Å². The SMILES string of the molecule is CN=C(NCc1ccc(C(=O)N(C)C)cc1)NCc1ccccc1CN1CCCC(C)C1. The summed E-state index contributed by atoms with van der Waals surface area (Å²) in [4.78, 5) is 20.6. The molecule has 0 saturated carbocycles. The smallest absolute Gasteiger partial charge is 0.253 e. The Labute approximate surface area is 192 Å². The normalized spacial score (nSPS) is 17.1. The van der Waals surface area contributed by atoms with Gasteiger partial charge in [0.25, 0.3) is 5.91 Å². The van der Waals surface area contributed by atoms with E-state index in [4.69, 9.17) is 0 Å². The molecule has 1 aliphatic rings. The van der Waals surface area contributed by atoms with Gasteiger partial charge in [-0.15, -0.1) is 0 Å². The van der Waals surface area contributed by atoms with Crippen LogP contribution in [0.5, 0.6) is 0 Å². The second kappa shape index (κ2) is 11.7. The molecule has 2 N–H and O–H groups in total. The minimum atomic E-state index is 0.0136. The van der Waals surface area contributed by atoms with Crippen LogP contribution in [0.2, 0.25) is 0 Å². The highest BCUT2D eigenvalue weighted by Gasteiger charge is 2.17. The number of likely N-dealkylation sites (tertiary alicyclic amines) is 1. The second-order valence-corrected chi connectivity index (χ2v) is 8.93. The quantitative estimate of drug-likeness (QED) is 0.516. The maximum atomic E-state index is 12.0. The van der Waals surface area contributed by atoms with Crippen LogP contribution in [0.3, 0.4) is 0 Å². The lowest BCUT2D eigenvalue weighted by molar-refractivity contribution is 0.0827. The minimum Gasteiger partial charge on any atom is -0.352 e. The van der Waals surface area contributed by atoms with Crippen LogP contribution in [0.4, 0.5) is 0 Å². The Hall–Kier alpha value is -2.86. The summed E-state index contributed by atoms with van der Waals surface area (Å²) in [6, 6.07) is 16.4. The maximum absolute atomic E-state index is 12.0. The predicted octanol–water partition coefficient (Wildman–Crippen LogP) is 3.49. The summed E-state index contributed by atoms with van der Waals surface area (Å²) in [5.74, 6) is 1.56. The van der Waals surface area contributed by atoms with E-state index < -0.39 is 0 Å². The van der Waals surface area contributed by atoms with Crippen LogP contribution in [0, 0.1) is 5.92 Å². The van der Waals surface area contributed by atoms with Crippen molar-refractivity contribution in [3.8, 4) is 0 Å². The summed E-state index contributed by atoms with van der Waals surface area (Å²) < 4.78 is 0. The van der Waals surface area contributed by atoms with E-state index in [1.165, 1.54) is 37.1 Å². The standard InChI is InChI=1S/C26H37N5O/c1-20-8-7-15-31(18-20)19-24-10-6-5-9-23(24)17-29-26(27-2)28-16-21-11-13-22(14-12-21)25(32)30(3)4/h5-6,9-14,20H,7-8,15-19H2,1-4H3,(H2,27,28,29). The molecule has 0 bridgehead atoms. The molecule has 3 rings (SSSR count). The topological polar surface area (TPSA) is 60.0 Å². The number of rotatable bonds is 7. The Morgan fingerprint density at radius 1 is 1.06 bits per heavy atom. The van der Waals surface area contributed by atoms with Gasteiger partial charge < -0.3 is 15.5 Å². The van der Waals surface area contributed by atoms with Gasteiger partial charge in [-0.2, -0.15) is 0 Å². The number of amides is 1. The molecule has 32 heavy (non-hydrogen) atoms. The van der Waals surface area contributed by atoms with Crippen molar-refractivity contribution in [3.05, 3.63) is 70.8 Å². The molecule has 1 saturated heterocycles. The number of guanidine groups is 1. The first-order chi connectivity index (χ1) is 15.5. The van der Waals surface area contributed by atoms with E-state index in [2.05, 4.69) is 51.7 Å². The third kappa shape index (κ3) is 6.82. The molecule has 2 aromatic rings. The molecule has 1 fully saturated rings. The van der Waals surface area contributed by atoms with Crippen LogP contribution in [-0.4, -0.2) is 55.9 Å². The Kier molecular flexibility index (Phi) is 8.68. The molecule has 0 radical (unpaired) electrons. The fourth-order valence-corrected chi connectivity index (χ4v) is 4.16. The Bertz CT molecular complexity index is 907. The minimum absolute atomic E-state index is 0.0136. The monoisotopic (exact) mass is 435 g/mol. The van der Waals surface area contributed by atoms with Gasteiger partial charge in [0.05, 0.1) is 0 Å². The molecule has 0 aliphatic carbocycles. The number of aliphatic imine (C=N–C) groups is 1. The van der Waals surface area contributed by atoms with E-state index in [-0.39, 0.29) is 5.91 Å². The highest BCUT2D eigenvalue weighted by molar-refractivity contribution is 5.93. The molecule has 1 aliphatic heterocycles. The Morgan fingerprint density at radius 2 is 1.75 bits per heavy atom. The highest BCUT2D eigenvalue weighted by Crippen LogP contribution is 2.19. The first kappa shape index (κ1) is 23.8. The van der Waals surface area contributed by atoms with Crippen molar-refractivity contribution in [1.29, 1.82) is 0 Å². The van der Waals surface area contributed by atoms with E-state index in [9.17, 15) is 4.79 Å². The lowest BCUT2D eigenvalue weighted by Gasteiger charge is -2.31. The Balaban J connectivity index is 1.53. The number of benzene rings is 2. The zero-order valence-electron chi connectivity index (χ0n) is 19.9. The number of nitrogens with one attached hydrogen (secondary N) is 2. The lowest BCUT2D eigenvalue weighted by Crippen LogP contribution is -2.37. The maximum Gasteiger partial charge on any atom is 0.253 e. The fourth-order valence-electron chi connectivity index (χ4n) is 4.16. The highest BCUT2D eigenvalue weighted by atomic mass is 16.2. The van der Waals surface area contributed by atoms with E-state index in [1.54, 1.807) is 26.0 Å². The van der Waals surface area contributed by atoms with Crippen molar-refractivity contribution in [2.24, 2.45) is 10.9 Å². The summed E-state index contributed by atoms with van der Waals surface area (Å²) in [6.45, 7) is 7.10. The average molecular weight is 436 g/mol. The summed E-state index contributed by atoms with van der Waals surface area (Å²) >= 11 is 0. The molecule has 2 aromatic carbocycles. The van der Waals surface area contributed by atoms with Crippen molar-refractivity contribution in [1.82, 2.24) is 20.4 Å². The number of carbonyl (C=O) groups is 1. The van der Waals surface area contributed by atoms with Gasteiger partial charge in [0, 0.05) is 52.9 Å². The van der Waals surface area contributed by atoms with E-state index in [1.807, 2.05) is 24.3 Å². The molecule has 1 unspecified atom stereocenters. The summed E-state index contributed by atoms with van der Waals surface area (Å²) in [7, 11) is 5.31. The van der Waals surface area contributed by atoms with Crippen LogP contribution in [0.25, 0.3) is 0 Å². The van der Waals surface area contributed by atoms with Crippen LogP contribution in [0.1, 0.15) is 46.8 Å². The summed E-state index contributed by atoms with van der Waals surface area (Å²) in [6.07, 6.45) is 2.64. The molecular formula is C26H37N5O. The van der Waals surface area contributed by atoms with Crippen molar-refractivity contribution in [2.75, 3.05) is 34.2 Å². The third-order valence-electron chi connectivity index (χ3n) is 5.99. The van der Waals surface area contributed by atoms with Crippen molar-refractivity contribution < 1.29 is 4.79 Å². The Morgan fingerprint density at radius 3 is 2.41 bits per heavy atom. The van der Waals surface area contributed by atoms with E-state index in [0.29, 0.717) is 12.1 Å². The van der Waals surface area contributed by atoms with Gasteiger partial charge in [-0.1, -0.05) is 43.3 Å². The van der Waals surface area contributed by atoms with E-state index >= 15 is 0 Å². The predicted molar refractivity (Wildman–Crippen MR) is 132 cm³/mol. The third-order valence-corrected chi connectivity index (χ3v) is 5.99. The molecule has 6 heteroatoms. The largest absolute Gasteiger partial charge is 0.352 e. The molecule has 0 aromatic heterocycles. The van der Waals surface area contributed by atoms with Gasteiger partial charge in [-0.05, 0) is 54.1 Å². The first-order valence-electron chi connectivity index (χ1n) is 11.5. The van der Waals surface area contributed by atoms with Crippen LogP contribution < -0.4 is 10.6 Å². The first-order valence-corrected chi connectivity index (χ1v) is 11.5. The molecule has 1 atom stereocenters. The number of piperidine rings is 1. The fraction of sp³-hybridized carbons (Fsp3) is 0.462. The van der Waals surface area contributed by atoms with Crippen molar-refractivity contribution in [2.45, 2.75) is 39.4 Å². The van der Waals surface area contributed by atoms with Gasteiger partial charge >= 0.3 is 0 Å². The van der Waals surface area contributed by atoms with Gasteiger partial charge in [-0.25, -0.2) is 0 Å². The molecule has 172 valence electrons. The molecule has 0 spiro atoms. The molecular weight excluding hydrogens is 398 g/mol. The number of hydrogen-bond acceptors (Lipinski definition) is 3. The zero-order chi connectivity index (χ0) is 22.9. The number of hydrogen-bond donors (Lipinski definition) is 2. The van der Waals surface area contributed by atoms with E-state index in [0.717, 1.165) is 30.5 Å². The molecule has 6 nitrogen and oxygen atoms in total. The second-order valence-electron chi connectivity index (χ2n) is 8.93. The lowest BCUT2D eigenvalue weighted by atomic mass is 9.99. The van der Waals surface area contributed by atoms with Gasteiger partial charge in [0.2, 0.25) is 0 Å². The van der Waals surface area contributed by atoms with Gasteiger partial charge in [0.15, 0.2) is 5.96 Å². The van der Waals surface area contributed by atoms with Crippen molar-refractivity contribution in [3.63, 3.8) is 0 Å². The van der Waals surface area contributed by atoms with Crippen LogP contribution in [0.15, 0.2) is 53.5 Å². The van der Waals surface area contributed by atoms with Gasteiger partial charge in [0.1, 0.15) is 0 Å².